The molecule has 0 aromatic heterocycles. The van der Waals surface area contributed by atoms with Gasteiger partial charge < -0.3 is 30.3 Å². The predicted octanol–water partition coefficient (Wildman–Crippen LogP) is 5.07. The number of aliphatic hydroxyl groups is 2. The molecule has 0 amide bonds. The lowest BCUT2D eigenvalue weighted by molar-refractivity contribution is -0.277. The lowest BCUT2D eigenvalue weighted by Gasteiger charge is -2.45. The van der Waals surface area contributed by atoms with E-state index < -0.39 is 11.9 Å². The maximum absolute atomic E-state index is 11.3. The summed E-state index contributed by atoms with van der Waals surface area (Å²) in [6, 6.07) is 23.6. The Morgan fingerprint density at radius 2 is 1.50 bits per heavy atom. The average molecular weight is 537 g/mol. The van der Waals surface area contributed by atoms with Crippen molar-refractivity contribution in [2.24, 2.45) is 11.7 Å². The zero-order chi connectivity index (χ0) is 26.7. The standard InChI is InChI=1S/C31H37ClN2O4/c1-21-28(19-34-16-14-31(36,15-17-34)26-10-12-27(32)13-11-26)37-30(25-8-2-22(18-33)3-9-25)38-29(21)24-6-4-23(20-35)5-7-24/h2-13,21,28-30,35-36H,14-20,33H2,1H3/t21-,28+,29+,30?/m0/s1. The summed E-state index contributed by atoms with van der Waals surface area (Å²) in [5.41, 5.74) is 9.85. The Morgan fingerprint density at radius 1 is 0.895 bits per heavy atom. The van der Waals surface area contributed by atoms with Crippen molar-refractivity contribution in [3.05, 3.63) is 106 Å². The van der Waals surface area contributed by atoms with Gasteiger partial charge in [-0.1, -0.05) is 79.2 Å². The van der Waals surface area contributed by atoms with Crippen molar-refractivity contribution in [3.8, 4) is 0 Å². The smallest absolute Gasteiger partial charge is 0.184 e. The Bertz CT molecular complexity index is 1180. The van der Waals surface area contributed by atoms with Gasteiger partial charge in [0.15, 0.2) is 6.29 Å². The van der Waals surface area contributed by atoms with Crippen molar-refractivity contribution >= 4 is 11.6 Å². The predicted molar refractivity (Wildman–Crippen MR) is 148 cm³/mol. The minimum Gasteiger partial charge on any atom is -0.392 e. The topological polar surface area (TPSA) is 88.2 Å². The second kappa shape index (κ2) is 11.8. The van der Waals surface area contributed by atoms with Crippen LogP contribution in [0.25, 0.3) is 0 Å². The fourth-order valence-electron chi connectivity index (χ4n) is 5.55. The first kappa shape index (κ1) is 27.3. The molecule has 2 fully saturated rings. The maximum Gasteiger partial charge on any atom is 0.184 e. The number of likely N-dealkylation sites (tertiary alicyclic amines) is 1. The molecule has 2 aliphatic rings. The van der Waals surface area contributed by atoms with Crippen LogP contribution in [0.2, 0.25) is 5.02 Å². The molecule has 0 bridgehead atoms. The summed E-state index contributed by atoms with van der Waals surface area (Å²) in [6.45, 7) is 4.99. The molecule has 4 N–H and O–H groups in total. The number of piperidine rings is 1. The summed E-state index contributed by atoms with van der Waals surface area (Å²) in [7, 11) is 0. The van der Waals surface area contributed by atoms with Gasteiger partial charge in [-0.2, -0.15) is 0 Å². The highest BCUT2D eigenvalue weighted by molar-refractivity contribution is 6.30. The molecule has 3 aromatic carbocycles. The van der Waals surface area contributed by atoms with E-state index >= 15 is 0 Å². The summed E-state index contributed by atoms with van der Waals surface area (Å²) in [4.78, 5) is 2.39. The van der Waals surface area contributed by atoms with Crippen molar-refractivity contribution in [2.75, 3.05) is 19.6 Å². The molecule has 4 atom stereocenters. The van der Waals surface area contributed by atoms with Gasteiger partial charge in [0, 0.05) is 42.7 Å². The molecular formula is C31H37ClN2O4. The number of nitrogens with two attached hydrogens (primary N) is 1. The van der Waals surface area contributed by atoms with Gasteiger partial charge in [0.25, 0.3) is 0 Å². The Kier molecular flexibility index (Phi) is 8.50. The van der Waals surface area contributed by atoms with Crippen LogP contribution in [0.15, 0.2) is 72.8 Å². The summed E-state index contributed by atoms with van der Waals surface area (Å²) >= 11 is 6.05. The summed E-state index contributed by atoms with van der Waals surface area (Å²) in [6.07, 6.45) is 0.592. The molecule has 38 heavy (non-hydrogen) atoms. The van der Waals surface area contributed by atoms with Crippen LogP contribution in [0.5, 0.6) is 0 Å². The van der Waals surface area contributed by atoms with E-state index in [1.165, 1.54) is 0 Å². The number of halogens is 1. The Labute approximate surface area is 229 Å². The molecule has 0 radical (unpaired) electrons. The fourth-order valence-corrected chi connectivity index (χ4v) is 5.67. The van der Waals surface area contributed by atoms with Gasteiger partial charge in [-0.15, -0.1) is 0 Å². The molecule has 2 saturated heterocycles. The quantitative estimate of drug-likeness (QED) is 0.391. The molecule has 7 heteroatoms. The number of benzene rings is 3. The molecule has 202 valence electrons. The van der Waals surface area contributed by atoms with Crippen molar-refractivity contribution < 1.29 is 19.7 Å². The minimum atomic E-state index is -0.840. The van der Waals surface area contributed by atoms with E-state index in [-0.39, 0.29) is 24.7 Å². The van der Waals surface area contributed by atoms with Gasteiger partial charge in [0.1, 0.15) is 0 Å². The number of ether oxygens (including phenoxy) is 2. The molecule has 3 aromatic rings. The SMILES string of the molecule is C[C@H]1[C@@H](CN2CCC(O)(c3ccc(Cl)cc3)CC2)OC(c2ccc(CN)cc2)O[C@H]1c1ccc(CO)cc1. The summed E-state index contributed by atoms with van der Waals surface area (Å²) in [5, 5.41) is 21.5. The van der Waals surface area contributed by atoms with E-state index in [1.807, 2.05) is 72.8 Å². The molecule has 2 aliphatic heterocycles. The molecule has 0 aliphatic carbocycles. The summed E-state index contributed by atoms with van der Waals surface area (Å²) in [5.74, 6) is 0.103. The lowest BCUT2D eigenvalue weighted by atomic mass is 9.84. The van der Waals surface area contributed by atoms with Crippen LogP contribution in [-0.2, 0) is 28.2 Å². The first-order chi connectivity index (χ1) is 18.4. The normalized spacial score (nSPS) is 25.8. The van der Waals surface area contributed by atoms with Crippen LogP contribution in [0, 0.1) is 5.92 Å². The third kappa shape index (κ3) is 5.97. The van der Waals surface area contributed by atoms with Gasteiger partial charge in [0.2, 0.25) is 0 Å². The minimum absolute atomic E-state index is 0.0144. The van der Waals surface area contributed by atoms with E-state index in [9.17, 15) is 10.2 Å². The Morgan fingerprint density at radius 3 is 2.11 bits per heavy atom. The second-order valence-corrected chi connectivity index (χ2v) is 11.0. The fraction of sp³-hybridized carbons (Fsp3) is 0.419. The molecule has 6 nitrogen and oxygen atoms in total. The van der Waals surface area contributed by atoms with Crippen molar-refractivity contribution in [1.29, 1.82) is 0 Å². The van der Waals surface area contributed by atoms with Crippen molar-refractivity contribution in [3.63, 3.8) is 0 Å². The van der Waals surface area contributed by atoms with Crippen LogP contribution in [0.4, 0.5) is 0 Å². The maximum atomic E-state index is 11.3. The van der Waals surface area contributed by atoms with E-state index in [0.717, 1.165) is 47.5 Å². The second-order valence-electron chi connectivity index (χ2n) is 10.6. The van der Waals surface area contributed by atoms with E-state index in [4.69, 9.17) is 26.8 Å². The van der Waals surface area contributed by atoms with E-state index in [0.29, 0.717) is 24.4 Å². The third-order valence-electron chi connectivity index (χ3n) is 8.11. The number of hydrogen-bond donors (Lipinski definition) is 3. The zero-order valence-electron chi connectivity index (χ0n) is 21.8. The van der Waals surface area contributed by atoms with E-state index in [1.54, 1.807) is 0 Å². The third-order valence-corrected chi connectivity index (χ3v) is 8.37. The number of aliphatic hydroxyl groups excluding tert-OH is 1. The highest BCUT2D eigenvalue weighted by Gasteiger charge is 2.41. The molecule has 0 saturated carbocycles. The largest absolute Gasteiger partial charge is 0.392 e. The molecule has 5 rings (SSSR count). The van der Waals surface area contributed by atoms with Gasteiger partial charge in [0.05, 0.1) is 24.4 Å². The summed E-state index contributed by atoms with van der Waals surface area (Å²) < 4.78 is 13.1. The van der Waals surface area contributed by atoms with Crippen LogP contribution in [0.1, 0.15) is 60.0 Å². The highest BCUT2D eigenvalue weighted by Crippen LogP contribution is 2.42. The molecule has 2 heterocycles. The monoisotopic (exact) mass is 536 g/mol. The molecule has 1 unspecified atom stereocenters. The van der Waals surface area contributed by atoms with Gasteiger partial charge in [-0.3, -0.25) is 0 Å². The van der Waals surface area contributed by atoms with E-state index in [2.05, 4.69) is 11.8 Å². The van der Waals surface area contributed by atoms with Crippen molar-refractivity contribution in [1.82, 2.24) is 4.90 Å². The molecule has 0 spiro atoms. The van der Waals surface area contributed by atoms with Crippen molar-refractivity contribution in [2.45, 2.75) is 57.0 Å². The number of hydrogen-bond acceptors (Lipinski definition) is 6. The number of nitrogens with zero attached hydrogens (tertiary/aromatic N) is 1. The zero-order valence-corrected chi connectivity index (χ0v) is 22.6. The van der Waals surface area contributed by atoms with Gasteiger partial charge >= 0.3 is 0 Å². The average Bonchev–Trinajstić information content (AvgIpc) is 2.96. The first-order valence-corrected chi connectivity index (χ1v) is 13.8. The Balaban J connectivity index is 1.32. The first-order valence-electron chi connectivity index (χ1n) is 13.4. The van der Waals surface area contributed by atoms with Crippen LogP contribution < -0.4 is 5.73 Å². The highest BCUT2D eigenvalue weighted by atomic mass is 35.5. The van der Waals surface area contributed by atoms with Crippen LogP contribution >= 0.6 is 11.6 Å². The number of rotatable bonds is 7. The van der Waals surface area contributed by atoms with Gasteiger partial charge in [-0.25, -0.2) is 0 Å². The van der Waals surface area contributed by atoms with Crippen LogP contribution in [-0.4, -0.2) is 40.9 Å². The van der Waals surface area contributed by atoms with Gasteiger partial charge in [-0.05, 0) is 47.2 Å². The lowest BCUT2D eigenvalue weighted by Crippen LogP contribution is -2.49. The molecular weight excluding hydrogens is 500 g/mol. The Hall–Kier alpha value is -2.29. The van der Waals surface area contributed by atoms with Crippen LogP contribution in [0.3, 0.4) is 0 Å².